The third-order valence-electron chi connectivity index (χ3n) is 0.846. The fraction of sp³-hybridized carbons (Fsp3) is 0.833. The van der Waals surface area contributed by atoms with Gasteiger partial charge in [-0.05, 0) is 0 Å². The molecule has 0 saturated heterocycles. The van der Waals surface area contributed by atoms with Crippen LogP contribution in [0.1, 0.15) is 13.8 Å². The number of esters is 1. The van der Waals surface area contributed by atoms with Crippen LogP contribution in [0.2, 0.25) is 0 Å². The summed E-state index contributed by atoms with van der Waals surface area (Å²) in [5.74, 6) is -0.646. The zero-order chi connectivity index (χ0) is 8.15. The Bertz CT molecular complexity index is 108. The molecule has 0 spiro atoms. The third-order valence-corrected chi connectivity index (χ3v) is 0.846. The number of carbonyl (C=O) groups excluding carboxylic acids is 1. The molecule has 0 heterocycles. The molecule has 0 aromatic carbocycles. The molecule has 0 aliphatic rings. The molecular formula is C6H12O4. The van der Waals surface area contributed by atoms with Crippen LogP contribution >= 0.6 is 0 Å². The van der Waals surface area contributed by atoms with E-state index in [-0.39, 0.29) is 12.5 Å². The van der Waals surface area contributed by atoms with Crippen molar-refractivity contribution in [2.45, 2.75) is 20.1 Å². The summed E-state index contributed by atoms with van der Waals surface area (Å²) < 4.78 is 4.43. The highest BCUT2D eigenvalue weighted by molar-refractivity contribution is 5.71. The quantitative estimate of drug-likeness (QED) is 0.418. The van der Waals surface area contributed by atoms with Crippen molar-refractivity contribution in [1.82, 2.24) is 0 Å². The number of hydrogen-bond acceptors (Lipinski definition) is 4. The van der Waals surface area contributed by atoms with Gasteiger partial charge in [0.2, 0.25) is 0 Å². The molecule has 0 saturated carbocycles. The lowest BCUT2D eigenvalue weighted by atomic mass is 10.2. The molecule has 4 nitrogen and oxygen atoms in total. The summed E-state index contributed by atoms with van der Waals surface area (Å²) in [5.41, 5.74) is 0. The van der Waals surface area contributed by atoms with E-state index < -0.39 is 12.3 Å². The summed E-state index contributed by atoms with van der Waals surface area (Å²) in [5, 5.41) is 16.5. The molecule has 0 bridgehead atoms. The zero-order valence-corrected chi connectivity index (χ0v) is 6.07. The molecule has 0 aromatic heterocycles. The lowest BCUT2D eigenvalue weighted by Crippen LogP contribution is -2.20. The van der Waals surface area contributed by atoms with E-state index in [4.69, 9.17) is 10.2 Å². The number of ether oxygens (including phenoxy) is 1. The van der Waals surface area contributed by atoms with Gasteiger partial charge in [-0.25, -0.2) is 0 Å². The fourth-order valence-corrected chi connectivity index (χ4v) is 0.323. The van der Waals surface area contributed by atoms with E-state index >= 15 is 0 Å². The van der Waals surface area contributed by atoms with E-state index in [0.717, 1.165) is 0 Å². The molecule has 0 atom stereocenters. The van der Waals surface area contributed by atoms with Crippen LogP contribution in [-0.2, 0) is 9.53 Å². The molecule has 60 valence electrons. The maximum Gasteiger partial charge on any atom is 0.308 e. The van der Waals surface area contributed by atoms with Crippen LogP contribution in [0.15, 0.2) is 0 Å². The smallest absolute Gasteiger partial charge is 0.308 e. The second-order valence-electron chi connectivity index (χ2n) is 2.27. The van der Waals surface area contributed by atoms with Crippen molar-refractivity contribution in [3.8, 4) is 0 Å². The Labute approximate surface area is 59.4 Å². The predicted molar refractivity (Wildman–Crippen MR) is 34.0 cm³/mol. The highest BCUT2D eigenvalue weighted by Gasteiger charge is 2.09. The SMILES string of the molecule is CC(C)C(=O)OCC(O)O. The summed E-state index contributed by atoms with van der Waals surface area (Å²) in [7, 11) is 0. The fourth-order valence-electron chi connectivity index (χ4n) is 0.323. The highest BCUT2D eigenvalue weighted by Crippen LogP contribution is 1.95. The van der Waals surface area contributed by atoms with Gasteiger partial charge in [0, 0.05) is 0 Å². The lowest BCUT2D eigenvalue weighted by Gasteiger charge is -2.07. The average molecular weight is 148 g/mol. The largest absolute Gasteiger partial charge is 0.460 e. The van der Waals surface area contributed by atoms with Crippen molar-refractivity contribution in [1.29, 1.82) is 0 Å². The summed E-state index contributed by atoms with van der Waals surface area (Å²) in [4.78, 5) is 10.6. The monoisotopic (exact) mass is 148 g/mol. The zero-order valence-electron chi connectivity index (χ0n) is 6.07. The molecule has 0 aliphatic carbocycles. The van der Waals surface area contributed by atoms with Crippen molar-refractivity contribution in [2.24, 2.45) is 5.92 Å². The second-order valence-corrected chi connectivity index (χ2v) is 2.27. The maximum absolute atomic E-state index is 10.6. The Morgan fingerprint density at radius 1 is 1.50 bits per heavy atom. The first kappa shape index (κ1) is 9.39. The van der Waals surface area contributed by atoms with Gasteiger partial charge in [-0.1, -0.05) is 13.8 Å². The van der Waals surface area contributed by atoms with Crippen LogP contribution < -0.4 is 0 Å². The Balaban J connectivity index is 3.40. The normalized spacial score (nSPS) is 10.6. The van der Waals surface area contributed by atoms with Crippen LogP contribution in [-0.4, -0.2) is 29.1 Å². The molecule has 0 aliphatic heterocycles. The van der Waals surface area contributed by atoms with Crippen molar-refractivity contribution in [3.63, 3.8) is 0 Å². The number of carbonyl (C=O) groups is 1. The van der Waals surface area contributed by atoms with Gasteiger partial charge in [-0.3, -0.25) is 4.79 Å². The molecule has 0 unspecified atom stereocenters. The molecule has 4 heteroatoms. The van der Waals surface area contributed by atoms with Crippen LogP contribution in [0, 0.1) is 5.92 Å². The summed E-state index contributed by atoms with van der Waals surface area (Å²) in [6.07, 6.45) is -1.57. The minimum Gasteiger partial charge on any atom is -0.460 e. The molecule has 10 heavy (non-hydrogen) atoms. The molecule has 0 amide bonds. The minimum atomic E-state index is -1.57. The standard InChI is InChI=1S/C6H12O4/c1-4(2)6(9)10-3-5(7)8/h4-5,7-8H,3H2,1-2H3. The predicted octanol–water partition coefficient (Wildman–Crippen LogP) is -0.504. The molecule has 0 aromatic rings. The first-order chi connectivity index (χ1) is 4.54. The van der Waals surface area contributed by atoms with E-state index in [2.05, 4.69) is 4.74 Å². The minimum absolute atomic E-state index is 0.223. The van der Waals surface area contributed by atoms with Crippen LogP contribution in [0.5, 0.6) is 0 Å². The van der Waals surface area contributed by atoms with Crippen LogP contribution in [0.25, 0.3) is 0 Å². The van der Waals surface area contributed by atoms with Gasteiger partial charge < -0.3 is 14.9 Å². The summed E-state index contributed by atoms with van der Waals surface area (Å²) in [6.45, 7) is 3.00. The maximum atomic E-state index is 10.6. The van der Waals surface area contributed by atoms with E-state index in [1.807, 2.05) is 0 Å². The van der Waals surface area contributed by atoms with Gasteiger partial charge in [0.25, 0.3) is 0 Å². The van der Waals surface area contributed by atoms with Crippen molar-refractivity contribution >= 4 is 5.97 Å². The molecule has 0 fully saturated rings. The highest BCUT2D eigenvalue weighted by atomic mass is 16.6. The average Bonchev–Trinajstić information content (AvgIpc) is 1.82. The Morgan fingerprint density at radius 2 is 2.00 bits per heavy atom. The third kappa shape index (κ3) is 4.29. The number of rotatable bonds is 3. The van der Waals surface area contributed by atoms with Gasteiger partial charge in [-0.2, -0.15) is 0 Å². The van der Waals surface area contributed by atoms with Gasteiger partial charge in [0.15, 0.2) is 6.29 Å². The van der Waals surface area contributed by atoms with Crippen molar-refractivity contribution < 1.29 is 19.7 Å². The number of aliphatic hydroxyl groups is 2. The number of aliphatic hydroxyl groups excluding tert-OH is 1. The topological polar surface area (TPSA) is 66.8 Å². The van der Waals surface area contributed by atoms with Gasteiger partial charge >= 0.3 is 5.97 Å². The van der Waals surface area contributed by atoms with Crippen LogP contribution in [0.3, 0.4) is 0 Å². The lowest BCUT2D eigenvalue weighted by molar-refractivity contribution is -0.159. The van der Waals surface area contributed by atoms with Gasteiger partial charge in [0.1, 0.15) is 6.61 Å². The first-order valence-corrected chi connectivity index (χ1v) is 3.06. The Hall–Kier alpha value is -0.610. The van der Waals surface area contributed by atoms with E-state index in [9.17, 15) is 4.79 Å². The van der Waals surface area contributed by atoms with Crippen molar-refractivity contribution in [3.05, 3.63) is 0 Å². The summed E-state index contributed by atoms with van der Waals surface area (Å²) in [6, 6.07) is 0. The first-order valence-electron chi connectivity index (χ1n) is 3.06. The second kappa shape index (κ2) is 4.24. The van der Waals surface area contributed by atoms with E-state index in [1.54, 1.807) is 13.8 Å². The summed E-state index contributed by atoms with van der Waals surface area (Å²) >= 11 is 0. The molecular weight excluding hydrogens is 136 g/mol. The van der Waals surface area contributed by atoms with E-state index in [0.29, 0.717) is 0 Å². The Morgan fingerprint density at radius 3 is 2.30 bits per heavy atom. The molecule has 2 N–H and O–H groups in total. The molecule has 0 rings (SSSR count). The van der Waals surface area contributed by atoms with Crippen LogP contribution in [0.4, 0.5) is 0 Å². The number of hydrogen-bond donors (Lipinski definition) is 2. The molecule has 0 radical (unpaired) electrons. The Kier molecular flexibility index (Phi) is 3.99. The van der Waals surface area contributed by atoms with Crippen molar-refractivity contribution in [2.75, 3.05) is 6.61 Å². The van der Waals surface area contributed by atoms with E-state index in [1.165, 1.54) is 0 Å². The van der Waals surface area contributed by atoms with Gasteiger partial charge in [-0.15, -0.1) is 0 Å². The van der Waals surface area contributed by atoms with Gasteiger partial charge in [0.05, 0.1) is 5.92 Å².